The summed E-state index contributed by atoms with van der Waals surface area (Å²) in [4.78, 5) is 12.7. The van der Waals surface area contributed by atoms with E-state index in [0.717, 1.165) is 30.6 Å². The SMILES string of the molecule is CC1(C)CCC=C1c1c(COc2cccc([C@@H](CC(=O)O)C3CC3)c2)csc1-c1ccccc1.S. The van der Waals surface area contributed by atoms with E-state index in [1.165, 1.54) is 33.6 Å². The number of hydrogen-bond donors (Lipinski definition) is 1. The van der Waals surface area contributed by atoms with Crippen LogP contribution in [0.5, 0.6) is 5.75 Å². The summed E-state index contributed by atoms with van der Waals surface area (Å²) in [6.45, 7) is 5.18. The van der Waals surface area contributed by atoms with Crippen molar-refractivity contribution in [2.24, 2.45) is 11.3 Å². The molecule has 2 aliphatic carbocycles. The van der Waals surface area contributed by atoms with Gasteiger partial charge in [0.2, 0.25) is 0 Å². The van der Waals surface area contributed by atoms with Crippen LogP contribution in [0, 0.1) is 11.3 Å². The van der Waals surface area contributed by atoms with E-state index in [4.69, 9.17) is 4.74 Å². The third kappa shape index (κ3) is 5.68. The van der Waals surface area contributed by atoms with Crippen molar-refractivity contribution in [3.8, 4) is 16.2 Å². The van der Waals surface area contributed by atoms with Gasteiger partial charge >= 0.3 is 5.97 Å². The van der Waals surface area contributed by atoms with Crippen LogP contribution in [0.15, 0.2) is 66.1 Å². The van der Waals surface area contributed by atoms with E-state index >= 15 is 0 Å². The molecule has 35 heavy (non-hydrogen) atoms. The van der Waals surface area contributed by atoms with Gasteiger partial charge in [-0.3, -0.25) is 4.79 Å². The number of aliphatic carboxylic acids is 1. The normalized spacial score (nSPS) is 17.4. The number of allylic oxidation sites excluding steroid dienone is 2. The zero-order valence-corrected chi connectivity index (χ0v) is 22.2. The predicted molar refractivity (Wildman–Crippen MR) is 150 cm³/mol. The van der Waals surface area contributed by atoms with Crippen LogP contribution in [0.25, 0.3) is 16.0 Å². The van der Waals surface area contributed by atoms with E-state index < -0.39 is 5.97 Å². The van der Waals surface area contributed by atoms with Gasteiger partial charge in [0.1, 0.15) is 12.4 Å². The lowest BCUT2D eigenvalue weighted by atomic mass is 9.80. The molecule has 0 spiro atoms. The molecule has 0 radical (unpaired) electrons. The zero-order valence-electron chi connectivity index (χ0n) is 20.4. The maximum atomic E-state index is 11.4. The smallest absolute Gasteiger partial charge is 0.303 e. The van der Waals surface area contributed by atoms with Gasteiger partial charge in [0.05, 0.1) is 6.42 Å². The number of ether oxygens (including phenoxy) is 1. The fraction of sp³-hybridized carbons (Fsp3) is 0.367. The highest BCUT2D eigenvalue weighted by Gasteiger charge is 2.34. The van der Waals surface area contributed by atoms with Crippen LogP contribution in [0.1, 0.15) is 68.6 Å². The molecule has 1 aromatic heterocycles. The molecule has 3 aromatic rings. The van der Waals surface area contributed by atoms with E-state index in [1.54, 1.807) is 11.3 Å². The van der Waals surface area contributed by atoms with Gasteiger partial charge in [-0.15, -0.1) is 11.3 Å². The topological polar surface area (TPSA) is 46.5 Å². The first-order valence-corrected chi connectivity index (χ1v) is 13.1. The second-order valence-corrected chi connectivity index (χ2v) is 11.2. The molecule has 0 unspecified atom stereocenters. The van der Waals surface area contributed by atoms with Crippen LogP contribution in [0.3, 0.4) is 0 Å². The molecule has 0 bridgehead atoms. The average molecular weight is 507 g/mol. The van der Waals surface area contributed by atoms with Gasteiger partial charge in [-0.05, 0) is 77.1 Å². The third-order valence-corrected chi connectivity index (χ3v) is 8.36. The second kappa shape index (κ2) is 10.6. The van der Waals surface area contributed by atoms with Gasteiger partial charge in [0.15, 0.2) is 0 Å². The largest absolute Gasteiger partial charge is 0.489 e. The van der Waals surface area contributed by atoms with Crippen molar-refractivity contribution in [1.29, 1.82) is 0 Å². The molecule has 184 valence electrons. The Labute approximate surface area is 219 Å². The van der Waals surface area contributed by atoms with Gasteiger partial charge in [0.25, 0.3) is 0 Å². The third-order valence-electron chi connectivity index (χ3n) is 7.29. The Balaban J connectivity index is 0.00000289. The van der Waals surface area contributed by atoms with E-state index in [2.05, 4.69) is 61.7 Å². The molecule has 1 heterocycles. The van der Waals surface area contributed by atoms with E-state index in [1.807, 2.05) is 18.2 Å². The van der Waals surface area contributed by atoms with E-state index in [9.17, 15) is 9.90 Å². The van der Waals surface area contributed by atoms with Crippen molar-refractivity contribution in [2.45, 2.75) is 58.5 Å². The number of carboxylic acid groups (broad SMARTS) is 1. The van der Waals surface area contributed by atoms with Crippen LogP contribution in [0.2, 0.25) is 0 Å². The van der Waals surface area contributed by atoms with Gasteiger partial charge in [-0.1, -0.05) is 62.4 Å². The molecule has 1 atom stereocenters. The summed E-state index contributed by atoms with van der Waals surface area (Å²) in [7, 11) is 0. The highest BCUT2D eigenvalue weighted by Crippen LogP contribution is 2.50. The van der Waals surface area contributed by atoms with Crippen molar-refractivity contribution in [2.75, 3.05) is 0 Å². The number of carboxylic acids is 1. The fourth-order valence-electron chi connectivity index (χ4n) is 5.27. The van der Waals surface area contributed by atoms with Crippen LogP contribution >= 0.6 is 24.8 Å². The highest BCUT2D eigenvalue weighted by molar-refractivity contribution is 7.59. The molecule has 1 saturated carbocycles. The molecule has 2 aromatic carbocycles. The van der Waals surface area contributed by atoms with Gasteiger partial charge in [0, 0.05) is 16.0 Å². The van der Waals surface area contributed by atoms with Crippen LogP contribution in [0.4, 0.5) is 0 Å². The molecule has 0 amide bonds. The Morgan fingerprint density at radius 1 is 1.14 bits per heavy atom. The van der Waals surface area contributed by atoms with Crippen molar-refractivity contribution in [3.63, 3.8) is 0 Å². The Bertz CT molecular complexity index is 1210. The predicted octanol–water partition coefficient (Wildman–Crippen LogP) is 8.28. The Morgan fingerprint density at radius 2 is 1.91 bits per heavy atom. The quantitative estimate of drug-likeness (QED) is 0.318. The standard InChI is InChI=1S/C30H32O3S.H2S/c1-30(2)15-7-12-26(30)28-23(19-34-29(28)21-8-4-3-5-9-21)18-33-24-11-6-10-22(16-24)25(17-27(31)32)20-13-14-20;/h3-6,8-12,16,19-20,25H,7,13-15,17-18H2,1-2H3,(H,31,32);1H2/t25-;/m0./s1. The molecule has 1 fully saturated rings. The molecule has 0 saturated heterocycles. The highest BCUT2D eigenvalue weighted by atomic mass is 32.1. The molecular formula is C30H34O3S2. The maximum Gasteiger partial charge on any atom is 0.303 e. The fourth-order valence-corrected chi connectivity index (χ4v) is 6.34. The van der Waals surface area contributed by atoms with Crippen molar-refractivity contribution in [3.05, 3.63) is 82.7 Å². The van der Waals surface area contributed by atoms with Gasteiger partial charge < -0.3 is 9.84 Å². The lowest BCUT2D eigenvalue weighted by Gasteiger charge is -2.24. The number of hydrogen-bond acceptors (Lipinski definition) is 3. The van der Waals surface area contributed by atoms with Crippen molar-refractivity contribution >= 4 is 36.4 Å². The Morgan fingerprint density at radius 3 is 2.57 bits per heavy atom. The average Bonchev–Trinajstić information content (AvgIpc) is 3.49. The minimum Gasteiger partial charge on any atom is -0.489 e. The number of carbonyl (C=O) groups is 1. The molecule has 5 rings (SSSR count). The van der Waals surface area contributed by atoms with Crippen LogP contribution in [-0.4, -0.2) is 11.1 Å². The van der Waals surface area contributed by atoms with Gasteiger partial charge in [-0.25, -0.2) is 0 Å². The molecule has 3 nitrogen and oxygen atoms in total. The number of rotatable bonds is 9. The first kappa shape index (κ1) is 25.6. The molecule has 0 aliphatic heterocycles. The summed E-state index contributed by atoms with van der Waals surface area (Å²) < 4.78 is 6.34. The Kier molecular flexibility index (Phi) is 7.77. The first-order chi connectivity index (χ1) is 16.4. The monoisotopic (exact) mass is 506 g/mol. The van der Waals surface area contributed by atoms with Crippen LogP contribution in [-0.2, 0) is 11.4 Å². The summed E-state index contributed by atoms with van der Waals surface area (Å²) in [6, 6.07) is 18.7. The molecule has 5 heteroatoms. The summed E-state index contributed by atoms with van der Waals surface area (Å²) >= 11 is 1.79. The van der Waals surface area contributed by atoms with E-state index in [-0.39, 0.29) is 31.2 Å². The maximum absolute atomic E-state index is 11.4. The zero-order chi connectivity index (χ0) is 23.7. The summed E-state index contributed by atoms with van der Waals surface area (Å²) in [5.74, 6) is 0.644. The molecule has 1 N–H and O–H groups in total. The molecular weight excluding hydrogens is 472 g/mol. The first-order valence-electron chi connectivity index (χ1n) is 12.2. The van der Waals surface area contributed by atoms with Crippen molar-refractivity contribution in [1.82, 2.24) is 0 Å². The lowest BCUT2D eigenvalue weighted by Crippen LogP contribution is -2.11. The van der Waals surface area contributed by atoms with Crippen LogP contribution < -0.4 is 4.74 Å². The minimum absolute atomic E-state index is 0. The summed E-state index contributed by atoms with van der Waals surface area (Å²) in [6.07, 6.45) is 7.11. The Hall–Kier alpha value is -2.50. The second-order valence-electron chi connectivity index (χ2n) is 10.3. The summed E-state index contributed by atoms with van der Waals surface area (Å²) in [5.41, 5.74) is 6.46. The number of benzene rings is 2. The van der Waals surface area contributed by atoms with E-state index in [0.29, 0.717) is 12.5 Å². The number of thiophene rings is 1. The molecule has 2 aliphatic rings. The minimum atomic E-state index is -0.730. The van der Waals surface area contributed by atoms with Gasteiger partial charge in [-0.2, -0.15) is 13.5 Å². The lowest BCUT2D eigenvalue weighted by molar-refractivity contribution is -0.137. The summed E-state index contributed by atoms with van der Waals surface area (Å²) in [5, 5.41) is 11.6. The van der Waals surface area contributed by atoms with Crippen molar-refractivity contribution < 1.29 is 14.6 Å².